The summed E-state index contributed by atoms with van der Waals surface area (Å²) in [5, 5.41) is 7.67. The fourth-order valence-corrected chi connectivity index (χ4v) is 16.2. The number of hydrogen-bond acceptors (Lipinski definition) is 4. The van der Waals surface area contributed by atoms with Gasteiger partial charge in [-0.1, -0.05) is 187 Å². The van der Waals surface area contributed by atoms with E-state index in [4.69, 9.17) is 0 Å². The van der Waals surface area contributed by atoms with Crippen LogP contribution in [0.15, 0.2) is 255 Å². The summed E-state index contributed by atoms with van der Waals surface area (Å²) < 4.78 is 7.70. The van der Waals surface area contributed by atoms with E-state index in [1.165, 1.54) is 125 Å². The van der Waals surface area contributed by atoms with Crippen molar-refractivity contribution in [1.82, 2.24) is 9.13 Å². The number of aromatic nitrogens is 2. The number of rotatable bonds is 6. The van der Waals surface area contributed by atoms with Gasteiger partial charge >= 0.3 is 0 Å². The molecule has 0 N–H and O–H groups in total. The highest BCUT2D eigenvalue weighted by Gasteiger charge is 2.47. The van der Waals surface area contributed by atoms with E-state index in [1.54, 1.807) is 0 Å². The molecule has 3 aromatic heterocycles. The summed E-state index contributed by atoms with van der Waals surface area (Å²) in [4.78, 5) is 7.68. The third-order valence-corrected chi connectivity index (χ3v) is 20.3. The molecule has 0 bridgehead atoms. The topological polar surface area (TPSA) is 19.6 Å². The first kappa shape index (κ1) is 50.3. The lowest BCUT2D eigenvalue weighted by molar-refractivity contribution is 0.590. The minimum atomic E-state index is -0.119. The van der Waals surface area contributed by atoms with Crippen molar-refractivity contribution in [1.29, 1.82) is 0 Å². The van der Waals surface area contributed by atoms with Gasteiger partial charge in [0.2, 0.25) is 0 Å². The quantitative estimate of drug-likeness (QED) is 0.155. The van der Waals surface area contributed by atoms with Gasteiger partial charge in [-0.15, -0.1) is 11.3 Å². The highest BCUT2D eigenvalue weighted by molar-refractivity contribution is 7.26. The highest BCUT2D eigenvalue weighted by Crippen LogP contribution is 2.54. The summed E-state index contributed by atoms with van der Waals surface area (Å²) in [5.74, 6) is 0. The van der Waals surface area contributed by atoms with E-state index < -0.39 is 0 Å². The second kappa shape index (κ2) is 18.2. The molecule has 0 aliphatic carbocycles. The number of nitrogens with zero attached hydrogens (tertiary/aromatic N) is 5. The lowest BCUT2D eigenvalue weighted by Crippen LogP contribution is -2.61. The molecular weight excluding hydrogens is 1070 g/mol. The summed E-state index contributed by atoms with van der Waals surface area (Å²) in [5.41, 5.74) is 26.3. The molecule has 414 valence electrons. The van der Waals surface area contributed by atoms with Crippen molar-refractivity contribution in [3.05, 3.63) is 266 Å². The van der Waals surface area contributed by atoms with Gasteiger partial charge in [0.05, 0.1) is 44.8 Å². The van der Waals surface area contributed by atoms with E-state index in [0.717, 1.165) is 39.8 Å². The van der Waals surface area contributed by atoms with Gasteiger partial charge in [0.15, 0.2) is 0 Å². The molecule has 3 aliphatic heterocycles. The molecule has 7 heteroatoms. The zero-order valence-corrected chi connectivity index (χ0v) is 50.3. The Kier molecular flexibility index (Phi) is 10.5. The molecule has 0 radical (unpaired) electrons. The lowest BCUT2D eigenvalue weighted by atomic mass is 9.33. The molecule has 0 amide bonds. The summed E-state index contributed by atoms with van der Waals surface area (Å²) in [6, 6.07) is 96.6. The molecule has 87 heavy (non-hydrogen) atoms. The van der Waals surface area contributed by atoms with Crippen LogP contribution in [0.4, 0.5) is 51.2 Å². The maximum atomic E-state index is 2.63. The number of hydrogen-bond donors (Lipinski definition) is 0. The Morgan fingerprint density at radius 1 is 0.368 bits per heavy atom. The fraction of sp³-hybridized carbons (Fsp3) is 0.100. The van der Waals surface area contributed by atoms with E-state index >= 15 is 0 Å². The van der Waals surface area contributed by atoms with Crippen molar-refractivity contribution in [2.24, 2.45) is 0 Å². The van der Waals surface area contributed by atoms with Crippen LogP contribution in [-0.4, -0.2) is 15.8 Å². The molecule has 5 nitrogen and oxygen atoms in total. The van der Waals surface area contributed by atoms with Crippen molar-refractivity contribution < 1.29 is 0 Å². The van der Waals surface area contributed by atoms with Crippen LogP contribution < -0.4 is 31.1 Å². The molecular formula is C80H60BN5S. The van der Waals surface area contributed by atoms with E-state index in [2.05, 4.69) is 320 Å². The SMILES string of the molecule is CC(C)(C)c1ccc2c(c1)c1cc(C(C)(C)C)ccc1n2-c1ccc2c(c1)N(c1ccc(-c3cccc4c3sc3ccccc34)cc1)c1cc(N(c3ccccc3)c3ccccc3)cc3c1B2c1cccc2c1N3c1cccc3c4ccccc4n-2c13. The fourth-order valence-electron chi connectivity index (χ4n) is 15.0. The average Bonchev–Trinajstić information content (AvgIpc) is 1.65. The van der Waals surface area contributed by atoms with E-state index in [1.807, 2.05) is 11.3 Å². The lowest BCUT2D eigenvalue weighted by Gasteiger charge is -2.46. The molecule has 0 fully saturated rings. The standard InChI is InChI=1S/C80H60BN5S/c1-79(2,3)50-36-42-67-62(44-50)63-45-51(80(4,5)6)37-43-68(63)84(67)55-40-41-64-71(46-55)83(54-38-34-49(35-39-54)57-26-17-28-61-59-25-14-16-33-74(59)87-78(57)61)72-47-56(82(52-20-9-7-10-21-52)53-22-11-8-12-23-53)48-73-75(72)81(64)65-29-19-32-70-77(65)86(73)69-31-18-27-60-58-24-13-15-30-66(58)85(70)76(60)69/h7-48H,1-6H3. The molecule has 0 saturated carbocycles. The van der Waals surface area contributed by atoms with E-state index in [0.29, 0.717) is 0 Å². The maximum absolute atomic E-state index is 2.63. The van der Waals surface area contributed by atoms with Crippen LogP contribution in [0.3, 0.4) is 0 Å². The first-order chi connectivity index (χ1) is 42.4. The van der Waals surface area contributed by atoms with Gasteiger partial charge in [0.1, 0.15) is 0 Å². The number of anilines is 9. The predicted octanol–water partition coefficient (Wildman–Crippen LogP) is 20.4. The molecule has 0 unspecified atom stereocenters. The summed E-state index contributed by atoms with van der Waals surface area (Å²) in [7, 11) is 0. The smallest absolute Gasteiger partial charge is 0.252 e. The Morgan fingerprint density at radius 3 is 1.64 bits per heavy atom. The second-order valence-electron chi connectivity index (χ2n) is 26.1. The molecule has 0 atom stereocenters. The molecule has 6 heterocycles. The third-order valence-electron chi connectivity index (χ3n) is 19.1. The van der Waals surface area contributed by atoms with Crippen LogP contribution in [-0.2, 0) is 10.8 Å². The van der Waals surface area contributed by atoms with Crippen LogP contribution in [0, 0.1) is 0 Å². The van der Waals surface area contributed by atoms with Crippen molar-refractivity contribution >= 4 is 149 Å². The van der Waals surface area contributed by atoms with Gasteiger partial charge in [-0.2, -0.15) is 0 Å². The largest absolute Gasteiger partial charge is 0.311 e. The molecule has 0 saturated heterocycles. The van der Waals surface area contributed by atoms with Gasteiger partial charge in [0.25, 0.3) is 6.71 Å². The highest BCUT2D eigenvalue weighted by atomic mass is 32.1. The molecule has 18 rings (SSSR count). The van der Waals surface area contributed by atoms with Gasteiger partial charge in [0, 0.05) is 81.5 Å². The van der Waals surface area contributed by atoms with Crippen molar-refractivity contribution in [3.63, 3.8) is 0 Å². The molecule has 3 aliphatic rings. The van der Waals surface area contributed by atoms with Crippen LogP contribution in [0.2, 0.25) is 0 Å². The first-order valence-corrected chi connectivity index (χ1v) is 31.3. The number of thiophene rings is 1. The average molecular weight is 1130 g/mol. The van der Waals surface area contributed by atoms with Crippen molar-refractivity contribution in [2.75, 3.05) is 14.7 Å². The van der Waals surface area contributed by atoms with Gasteiger partial charge in [-0.05, 0) is 159 Å². The summed E-state index contributed by atoms with van der Waals surface area (Å²) in [6.45, 7) is 13.8. The van der Waals surface area contributed by atoms with Gasteiger partial charge < -0.3 is 23.8 Å². The Labute approximate surface area is 510 Å². The molecule has 0 spiro atoms. The number of benzene rings is 12. The minimum Gasteiger partial charge on any atom is -0.311 e. The third kappa shape index (κ3) is 7.27. The Hall–Kier alpha value is -10.1. The second-order valence-corrected chi connectivity index (χ2v) is 27.2. The molecule has 15 aromatic rings. The zero-order chi connectivity index (χ0) is 58.2. The summed E-state index contributed by atoms with van der Waals surface area (Å²) >= 11 is 1.89. The molecule has 12 aromatic carbocycles. The minimum absolute atomic E-state index is 0.0209. The van der Waals surface area contributed by atoms with E-state index in [-0.39, 0.29) is 17.5 Å². The monoisotopic (exact) mass is 1130 g/mol. The van der Waals surface area contributed by atoms with Gasteiger partial charge in [-0.3, -0.25) is 0 Å². The number of para-hydroxylation sites is 5. The van der Waals surface area contributed by atoms with Crippen molar-refractivity contribution in [2.45, 2.75) is 52.4 Å². The van der Waals surface area contributed by atoms with Crippen LogP contribution >= 0.6 is 11.3 Å². The maximum Gasteiger partial charge on any atom is 0.252 e. The normalized spacial score (nSPS) is 13.3. The Balaban J connectivity index is 0.947. The number of fused-ring (bicyclic) bond motifs is 15. The van der Waals surface area contributed by atoms with Crippen LogP contribution in [0.25, 0.3) is 86.3 Å². The van der Waals surface area contributed by atoms with Crippen LogP contribution in [0.5, 0.6) is 0 Å². The first-order valence-electron chi connectivity index (χ1n) is 30.5. The summed E-state index contributed by atoms with van der Waals surface area (Å²) in [6.07, 6.45) is 0. The van der Waals surface area contributed by atoms with Gasteiger partial charge in [-0.25, -0.2) is 0 Å². The zero-order valence-electron chi connectivity index (χ0n) is 49.5. The Bertz CT molecular complexity index is 5280. The predicted molar refractivity (Wildman–Crippen MR) is 373 cm³/mol. The van der Waals surface area contributed by atoms with Crippen molar-refractivity contribution in [3.8, 4) is 22.5 Å². The van der Waals surface area contributed by atoms with E-state index in [9.17, 15) is 0 Å². The Morgan fingerprint density at radius 2 is 0.943 bits per heavy atom. The van der Waals surface area contributed by atoms with Crippen LogP contribution in [0.1, 0.15) is 52.7 Å².